The van der Waals surface area contributed by atoms with Crippen molar-refractivity contribution in [2.75, 3.05) is 31.8 Å². The zero-order valence-electron chi connectivity index (χ0n) is 12.3. The summed E-state index contributed by atoms with van der Waals surface area (Å²) in [6.45, 7) is 0.403. The van der Waals surface area contributed by atoms with Crippen LogP contribution < -0.4 is 10.6 Å². The first-order valence-electron chi connectivity index (χ1n) is 6.45. The maximum Gasteiger partial charge on any atom is 0.254 e. The van der Waals surface area contributed by atoms with Crippen LogP contribution in [0.3, 0.4) is 0 Å². The quantitative estimate of drug-likeness (QED) is 0.860. The smallest absolute Gasteiger partial charge is 0.254 e. The van der Waals surface area contributed by atoms with Crippen molar-refractivity contribution < 1.29 is 9.21 Å². The highest BCUT2D eigenvalue weighted by Crippen LogP contribution is 2.23. The van der Waals surface area contributed by atoms with Gasteiger partial charge in [0.1, 0.15) is 5.76 Å². The summed E-state index contributed by atoms with van der Waals surface area (Å²) in [5.41, 5.74) is 8.02. The summed E-state index contributed by atoms with van der Waals surface area (Å²) in [4.78, 5) is 15.9. The van der Waals surface area contributed by atoms with Crippen LogP contribution in [-0.2, 0) is 6.54 Å². The van der Waals surface area contributed by atoms with E-state index in [4.69, 9.17) is 10.2 Å². The van der Waals surface area contributed by atoms with Crippen molar-refractivity contribution in [3.8, 4) is 0 Å². The van der Waals surface area contributed by atoms with Gasteiger partial charge in [-0.05, 0) is 46.3 Å². The van der Waals surface area contributed by atoms with Gasteiger partial charge in [-0.15, -0.1) is 0 Å². The lowest BCUT2D eigenvalue weighted by molar-refractivity contribution is 0.0775. The lowest BCUT2D eigenvalue weighted by Gasteiger charge is -2.19. The van der Waals surface area contributed by atoms with Gasteiger partial charge in [-0.25, -0.2) is 0 Å². The number of carbonyl (C=O) groups excluding carboxylic acids is 1. The van der Waals surface area contributed by atoms with Crippen molar-refractivity contribution in [2.45, 2.75) is 6.54 Å². The van der Waals surface area contributed by atoms with Gasteiger partial charge in [0.2, 0.25) is 0 Å². The number of halogens is 1. The lowest BCUT2D eigenvalue weighted by Crippen LogP contribution is -2.26. The molecule has 112 valence electrons. The number of furan rings is 1. The molecule has 1 heterocycles. The SMILES string of the molecule is CN(Cc1ccc(Br)o1)C(=O)c1ccc(N(C)C)c(N)c1. The summed E-state index contributed by atoms with van der Waals surface area (Å²) < 4.78 is 6.06. The standard InChI is InChI=1S/C15H18BrN3O2/c1-18(2)13-6-4-10(8-12(13)17)15(20)19(3)9-11-5-7-14(16)21-11/h4-8H,9,17H2,1-3H3. The van der Waals surface area contributed by atoms with Gasteiger partial charge in [0.25, 0.3) is 5.91 Å². The molecule has 0 aliphatic heterocycles. The molecule has 2 rings (SSSR count). The van der Waals surface area contributed by atoms with Gasteiger partial charge in [0, 0.05) is 26.7 Å². The highest BCUT2D eigenvalue weighted by atomic mass is 79.9. The minimum absolute atomic E-state index is 0.0977. The van der Waals surface area contributed by atoms with E-state index in [1.54, 1.807) is 30.1 Å². The monoisotopic (exact) mass is 351 g/mol. The molecule has 0 spiro atoms. The van der Waals surface area contributed by atoms with E-state index < -0.39 is 0 Å². The minimum Gasteiger partial charge on any atom is -0.452 e. The second kappa shape index (κ2) is 6.22. The van der Waals surface area contributed by atoms with Gasteiger partial charge in [-0.1, -0.05) is 0 Å². The van der Waals surface area contributed by atoms with E-state index in [-0.39, 0.29) is 5.91 Å². The highest BCUT2D eigenvalue weighted by molar-refractivity contribution is 9.10. The molecular formula is C15H18BrN3O2. The fourth-order valence-electron chi connectivity index (χ4n) is 2.06. The predicted octanol–water partition coefficient (Wildman–Crippen LogP) is 2.96. The average molecular weight is 352 g/mol. The molecule has 0 saturated carbocycles. The molecule has 0 aliphatic carbocycles. The number of benzene rings is 1. The van der Waals surface area contributed by atoms with Crippen LogP contribution in [0.15, 0.2) is 39.4 Å². The van der Waals surface area contributed by atoms with Gasteiger partial charge >= 0.3 is 0 Å². The number of anilines is 2. The van der Waals surface area contributed by atoms with Crippen LogP contribution in [0.25, 0.3) is 0 Å². The van der Waals surface area contributed by atoms with Crippen molar-refractivity contribution in [1.82, 2.24) is 4.90 Å². The zero-order chi connectivity index (χ0) is 15.6. The largest absolute Gasteiger partial charge is 0.452 e. The lowest BCUT2D eigenvalue weighted by atomic mass is 10.1. The summed E-state index contributed by atoms with van der Waals surface area (Å²) >= 11 is 3.24. The Balaban J connectivity index is 2.14. The number of amides is 1. The molecular weight excluding hydrogens is 334 g/mol. The average Bonchev–Trinajstić information content (AvgIpc) is 2.82. The normalized spacial score (nSPS) is 10.5. The first kappa shape index (κ1) is 15.4. The maximum absolute atomic E-state index is 12.4. The van der Waals surface area contributed by atoms with E-state index in [0.29, 0.717) is 22.5 Å². The van der Waals surface area contributed by atoms with Crippen molar-refractivity contribution in [2.24, 2.45) is 0 Å². The summed E-state index contributed by atoms with van der Waals surface area (Å²) in [5, 5.41) is 0. The third-order valence-corrected chi connectivity index (χ3v) is 3.55. The van der Waals surface area contributed by atoms with Gasteiger partial charge < -0.3 is 20.0 Å². The summed E-state index contributed by atoms with van der Waals surface area (Å²) in [5.74, 6) is 0.620. The van der Waals surface area contributed by atoms with E-state index in [9.17, 15) is 4.79 Å². The number of hydrogen-bond donors (Lipinski definition) is 1. The van der Waals surface area contributed by atoms with E-state index in [2.05, 4.69) is 15.9 Å². The van der Waals surface area contributed by atoms with Crippen LogP contribution >= 0.6 is 15.9 Å². The third kappa shape index (κ3) is 3.58. The number of rotatable bonds is 4. The summed E-state index contributed by atoms with van der Waals surface area (Å²) in [7, 11) is 5.55. The Labute approximate surface area is 132 Å². The molecule has 1 aromatic carbocycles. The number of carbonyl (C=O) groups is 1. The molecule has 0 fully saturated rings. The maximum atomic E-state index is 12.4. The van der Waals surface area contributed by atoms with Gasteiger partial charge in [-0.2, -0.15) is 0 Å². The van der Waals surface area contributed by atoms with E-state index in [1.807, 2.05) is 31.1 Å². The number of hydrogen-bond acceptors (Lipinski definition) is 4. The van der Waals surface area contributed by atoms with E-state index in [1.165, 1.54) is 0 Å². The topological polar surface area (TPSA) is 62.7 Å². The molecule has 0 saturated heterocycles. The Morgan fingerprint density at radius 1 is 1.24 bits per heavy atom. The number of nitrogens with zero attached hydrogens (tertiary/aromatic N) is 2. The Morgan fingerprint density at radius 2 is 1.95 bits per heavy atom. The van der Waals surface area contributed by atoms with Gasteiger partial charge in [-0.3, -0.25) is 4.79 Å². The van der Waals surface area contributed by atoms with E-state index in [0.717, 1.165) is 11.4 Å². The number of nitrogens with two attached hydrogens (primary N) is 1. The van der Waals surface area contributed by atoms with Crippen molar-refractivity contribution in [3.63, 3.8) is 0 Å². The number of nitrogen functional groups attached to an aromatic ring is 1. The Bertz CT molecular complexity index is 652. The molecule has 0 aliphatic rings. The Hall–Kier alpha value is -1.95. The van der Waals surface area contributed by atoms with Crippen molar-refractivity contribution >= 4 is 33.2 Å². The first-order valence-corrected chi connectivity index (χ1v) is 7.24. The molecule has 1 aromatic heterocycles. The molecule has 6 heteroatoms. The van der Waals surface area contributed by atoms with Crippen molar-refractivity contribution in [3.05, 3.63) is 46.3 Å². The van der Waals surface area contributed by atoms with Gasteiger partial charge in [0.15, 0.2) is 4.67 Å². The molecule has 1 amide bonds. The molecule has 5 nitrogen and oxygen atoms in total. The summed E-state index contributed by atoms with van der Waals surface area (Å²) in [6, 6.07) is 8.96. The third-order valence-electron chi connectivity index (χ3n) is 3.12. The molecule has 0 unspecified atom stereocenters. The molecule has 2 aromatic rings. The van der Waals surface area contributed by atoms with Crippen LogP contribution in [0.4, 0.5) is 11.4 Å². The van der Waals surface area contributed by atoms with Crippen LogP contribution in [0.5, 0.6) is 0 Å². The fourth-order valence-corrected chi connectivity index (χ4v) is 2.40. The molecule has 0 radical (unpaired) electrons. The van der Waals surface area contributed by atoms with Gasteiger partial charge in [0.05, 0.1) is 17.9 Å². The molecule has 0 atom stereocenters. The Kier molecular flexibility index (Phi) is 4.57. The van der Waals surface area contributed by atoms with Crippen LogP contribution in [-0.4, -0.2) is 32.0 Å². The highest BCUT2D eigenvalue weighted by Gasteiger charge is 2.15. The predicted molar refractivity (Wildman–Crippen MR) is 87.4 cm³/mol. The first-order chi connectivity index (χ1) is 9.88. The zero-order valence-corrected chi connectivity index (χ0v) is 13.8. The second-order valence-electron chi connectivity index (χ2n) is 5.04. The van der Waals surface area contributed by atoms with Crippen molar-refractivity contribution in [1.29, 1.82) is 0 Å². The van der Waals surface area contributed by atoms with Crippen LogP contribution in [0, 0.1) is 0 Å². The molecule has 21 heavy (non-hydrogen) atoms. The second-order valence-corrected chi connectivity index (χ2v) is 5.82. The fraction of sp³-hybridized carbons (Fsp3) is 0.267. The van der Waals surface area contributed by atoms with E-state index >= 15 is 0 Å². The molecule has 0 bridgehead atoms. The van der Waals surface area contributed by atoms with Crippen LogP contribution in [0.2, 0.25) is 0 Å². The minimum atomic E-state index is -0.0977. The summed E-state index contributed by atoms with van der Waals surface area (Å²) in [6.07, 6.45) is 0. The Morgan fingerprint density at radius 3 is 2.48 bits per heavy atom. The van der Waals surface area contributed by atoms with Crippen LogP contribution in [0.1, 0.15) is 16.1 Å². The molecule has 2 N–H and O–H groups in total.